The molecule has 5 heteroatoms. The molecule has 142 valence electrons. The number of nitrogens with zero attached hydrogens (tertiary/aromatic N) is 1. The Labute approximate surface area is 165 Å². The molecule has 2 aromatic rings. The number of rotatable bonds is 7. The molecule has 0 atom stereocenters. The van der Waals surface area contributed by atoms with E-state index in [2.05, 4.69) is 17.4 Å². The normalized spacial score (nSPS) is 14.0. The number of piperidine rings is 1. The number of carbonyl (C=O) groups is 2. The lowest BCUT2D eigenvalue weighted by atomic mass is 10.1. The van der Waals surface area contributed by atoms with Crippen LogP contribution in [-0.2, 0) is 10.5 Å². The SMILES string of the molecule is O=C(CCSCc1ccccc1)Nc1ccccc1C(=O)N1CCCCC1. The van der Waals surface area contributed by atoms with Crippen molar-refractivity contribution in [1.29, 1.82) is 0 Å². The van der Waals surface area contributed by atoms with Gasteiger partial charge in [0.25, 0.3) is 5.91 Å². The summed E-state index contributed by atoms with van der Waals surface area (Å²) < 4.78 is 0. The van der Waals surface area contributed by atoms with E-state index >= 15 is 0 Å². The zero-order chi connectivity index (χ0) is 18.9. The van der Waals surface area contributed by atoms with Crippen molar-refractivity contribution in [2.24, 2.45) is 0 Å². The second kappa shape index (κ2) is 10.2. The van der Waals surface area contributed by atoms with Crippen LogP contribution in [0.2, 0.25) is 0 Å². The van der Waals surface area contributed by atoms with E-state index in [9.17, 15) is 9.59 Å². The van der Waals surface area contributed by atoms with E-state index in [1.165, 1.54) is 12.0 Å². The first-order chi connectivity index (χ1) is 13.2. The molecule has 3 rings (SSSR count). The Bertz CT molecular complexity index is 758. The highest BCUT2D eigenvalue weighted by Crippen LogP contribution is 2.20. The van der Waals surface area contributed by atoms with Crippen molar-refractivity contribution in [3.8, 4) is 0 Å². The van der Waals surface area contributed by atoms with Crippen LogP contribution >= 0.6 is 11.8 Å². The number of carbonyl (C=O) groups excluding carboxylic acids is 2. The lowest BCUT2D eigenvalue weighted by molar-refractivity contribution is -0.115. The molecule has 0 aromatic heterocycles. The van der Waals surface area contributed by atoms with Gasteiger partial charge in [-0.1, -0.05) is 42.5 Å². The fourth-order valence-electron chi connectivity index (χ4n) is 3.19. The molecule has 0 radical (unpaired) electrons. The lowest BCUT2D eigenvalue weighted by Gasteiger charge is -2.27. The second-order valence-corrected chi connectivity index (χ2v) is 7.84. The van der Waals surface area contributed by atoms with Gasteiger partial charge >= 0.3 is 0 Å². The molecule has 0 unspecified atom stereocenters. The van der Waals surface area contributed by atoms with Crippen molar-refractivity contribution >= 4 is 29.3 Å². The molecule has 1 aliphatic rings. The molecular formula is C22H26N2O2S. The summed E-state index contributed by atoms with van der Waals surface area (Å²) in [5.41, 5.74) is 2.47. The van der Waals surface area contributed by atoms with E-state index in [1.54, 1.807) is 17.8 Å². The zero-order valence-corrected chi connectivity index (χ0v) is 16.3. The minimum atomic E-state index is -0.0468. The Morgan fingerprint density at radius 2 is 1.63 bits per heavy atom. The monoisotopic (exact) mass is 382 g/mol. The standard InChI is InChI=1S/C22H26N2O2S/c25-21(13-16-27-17-18-9-3-1-4-10-18)23-20-12-6-5-11-19(20)22(26)24-14-7-2-8-15-24/h1,3-6,9-12H,2,7-8,13-17H2,(H,23,25). The quantitative estimate of drug-likeness (QED) is 0.714. The average molecular weight is 383 g/mol. The van der Waals surface area contributed by atoms with Crippen LogP contribution in [0.4, 0.5) is 5.69 Å². The molecule has 0 aliphatic carbocycles. The lowest BCUT2D eigenvalue weighted by Crippen LogP contribution is -2.36. The number of anilines is 1. The Hall–Kier alpha value is -2.27. The van der Waals surface area contributed by atoms with Crippen molar-refractivity contribution < 1.29 is 9.59 Å². The van der Waals surface area contributed by atoms with Crippen LogP contribution in [0.15, 0.2) is 54.6 Å². The van der Waals surface area contributed by atoms with Crippen molar-refractivity contribution in [3.05, 3.63) is 65.7 Å². The number of hydrogen-bond donors (Lipinski definition) is 1. The highest BCUT2D eigenvalue weighted by molar-refractivity contribution is 7.98. The average Bonchev–Trinajstić information content (AvgIpc) is 2.72. The van der Waals surface area contributed by atoms with E-state index in [1.807, 2.05) is 41.3 Å². The molecular weight excluding hydrogens is 356 g/mol. The van der Waals surface area contributed by atoms with Gasteiger partial charge in [0, 0.05) is 31.0 Å². The van der Waals surface area contributed by atoms with E-state index < -0.39 is 0 Å². The summed E-state index contributed by atoms with van der Waals surface area (Å²) in [5, 5.41) is 2.93. The molecule has 1 aliphatic heterocycles. The van der Waals surface area contributed by atoms with E-state index in [0.717, 1.165) is 37.4 Å². The fourth-order valence-corrected chi connectivity index (χ4v) is 4.09. The van der Waals surface area contributed by atoms with Crippen LogP contribution in [0.3, 0.4) is 0 Å². The van der Waals surface area contributed by atoms with Crippen LogP contribution < -0.4 is 5.32 Å². The predicted molar refractivity (Wildman–Crippen MR) is 112 cm³/mol. The molecule has 1 heterocycles. The molecule has 1 N–H and O–H groups in total. The van der Waals surface area contributed by atoms with E-state index in [0.29, 0.717) is 17.7 Å². The van der Waals surface area contributed by atoms with Crippen molar-refractivity contribution in [3.63, 3.8) is 0 Å². The smallest absolute Gasteiger partial charge is 0.255 e. The van der Waals surface area contributed by atoms with Gasteiger partial charge in [-0.3, -0.25) is 9.59 Å². The van der Waals surface area contributed by atoms with Crippen molar-refractivity contribution in [2.45, 2.75) is 31.4 Å². The van der Waals surface area contributed by atoms with Crippen LogP contribution in [0.5, 0.6) is 0 Å². The molecule has 2 aromatic carbocycles. The summed E-state index contributed by atoms with van der Waals surface area (Å²) in [6.07, 6.45) is 3.73. The zero-order valence-electron chi connectivity index (χ0n) is 15.5. The molecule has 0 spiro atoms. The first-order valence-corrected chi connectivity index (χ1v) is 10.7. The fraction of sp³-hybridized carbons (Fsp3) is 0.364. The Kier molecular flexibility index (Phi) is 7.34. The van der Waals surface area contributed by atoms with E-state index in [-0.39, 0.29) is 11.8 Å². The van der Waals surface area contributed by atoms with Gasteiger partial charge < -0.3 is 10.2 Å². The Balaban J connectivity index is 1.51. The molecule has 27 heavy (non-hydrogen) atoms. The number of amides is 2. The highest BCUT2D eigenvalue weighted by Gasteiger charge is 2.21. The summed E-state index contributed by atoms with van der Waals surface area (Å²) in [6.45, 7) is 1.61. The third-order valence-corrected chi connectivity index (χ3v) is 5.69. The number of nitrogens with one attached hydrogen (secondary N) is 1. The van der Waals surface area contributed by atoms with Gasteiger partial charge in [-0.15, -0.1) is 0 Å². The predicted octanol–water partition coefficient (Wildman–Crippen LogP) is 4.57. The minimum Gasteiger partial charge on any atom is -0.339 e. The molecule has 0 bridgehead atoms. The van der Waals surface area contributed by atoms with Gasteiger partial charge in [-0.25, -0.2) is 0 Å². The van der Waals surface area contributed by atoms with Gasteiger partial charge in [0.1, 0.15) is 0 Å². The third kappa shape index (κ3) is 5.86. The van der Waals surface area contributed by atoms with Crippen LogP contribution in [0, 0.1) is 0 Å². The summed E-state index contributed by atoms with van der Waals surface area (Å²) >= 11 is 1.74. The van der Waals surface area contributed by atoms with E-state index in [4.69, 9.17) is 0 Å². The number of benzene rings is 2. The summed E-state index contributed by atoms with van der Waals surface area (Å²) in [7, 11) is 0. The van der Waals surface area contributed by atoms with Crippen LogP contribution in [0.1, 0.15) is 41.6 Å². The first kappa shape index (κ1) is 19.5. The van der Waals surface area contributed by atoms with Gasteiger partial charge in [-0.05, 0) is 37.0 Å². The third-order valence-electron chi connectivity index (χ3n) is 4.66. The number of hydrogen-bond acceptors (Lipinski definition) is 3. The maximum absolute atomic E-state index is 12.8. The first-order valence-electron chi connectivity index (χ1n) is 9.54. The highest BCUT2D eigenvalue weighted by atomic mass is 32.2. The topological polar surface area (TPSA) is 49.4 Å². The number of likely N-dealkylation sites (tertiary alicyclic amines) is 1. The van der Waals surface area contributed by atoms with Gasteiger partial charge in [0.05, 0.1) is 11.3 Å². The molecule has 1 fully saturated rings. The molecule has 4 nitrogen and oxygen atoms in total. The summed E-state index contributed by atoms with van der Waals surface area (Å²) in [5.74, 6) is 1.62. The summed E-state index contributed by atoms with van der Waals surface area (Å²) in [4.78, 5) is 27.0. The Morgan fingerprint density at radius 1 is 0.926 bits per heavy atom. The Morgan fingerprint density at radius 3 is 2.41 bits per heavy atom. The van der Waals surface area contributed by atoms with Gasteiger partial charge in [0.15, 0.2) is 0 Å². The van der Waals surface area contributed by atoms with Crippen molar-refractivity contribution in [1.82, 2.24) is 4.90 Å². The minimum absolute atomic E-state index is 0.0176. The maximum atomic E-state index is 12.8. The number of para-hydroxylation sites is 1. The molecule has 2 amide bonds. The summed E-state index contributed by atoms with van der Waals surface area (Å²) in [6, 6.07) is 17.6. The number of thioether (sulfide) groups is 1. The van der Waals surface area contributed by atoms with Crippen LogP contribution in [-0.4, -0.2) is 35.6 Å². The largest absolute Gasteiger partial charge is 0.339 e. The van der Waals surface area contributed by atoms with Crippen molar-refractivity contribution in [2.75, 3.05) is 24.2 Å². The van der Waals surface area contributed by atoms with Gasteiger partial charge in [0.2, 0.25) is 5.91 Å². The molecule has 1 saturated heterocycles. The molecule has 0 saturated carbocycles. The maximum Gasteiger partial charge on any atom is 0.255 e. The van der Waals surface area contributed by atoms with Crippen LogP contribution in [0.25, 0.3) is 0 Å². The van der Waals surface area contributed by atoms with Gasteiger partial charge in [-0.2, -0.15) is 11.8 Å². The second-order valence-electron chi connectivity index (χ2n) is 6.73.